The Hall–Kier alpha value is -8.73. The van der Waals surface area contributed by atoms with E-state index in [9.17, 15) is 0 Å². The zero-order valence-electron chi connectivity index (χ0n) is 35.2. The van der Waals surface area contributed by atoms with Gasteiger partial charge in [0.1, 0.15) is 0 Å². The maximum Gasteiger partial charge on any atom is 0.0795 e. The van der Waals surface area contributed by atoms with Gasteiger partial charge in [-0.1, -0.05) is 152 Å². The molecule has 0 spiro atoms. The summed E-state index contributed by atoms with van der Waals surface area (Å²) in [4.78, 5) is 5.58. The first-order valence-corrected chi connectivity index (χ1v) is 22.3. The zero-order valence-corrected chi connectivity index (χ0v) is 35.2. The van der Waals surface area contributed by atoms with Crippen molar-refractivity contribution >= 4 is 87.1 Å². The smallest absolute Gasteiger partial charge is 0.0795 e. The topological polar surface area (TPSA) is 27.7 Å². The van der Waals surface area contributed by atoms with Gasteiger partial charge in [-0.15, -0.1) is 0 Å². The number of nitrogens with zero attached hydrogens (tertiary/aromatic N) is 4. The molecular weight excluding hydrogens is 789 g/mol. The quantitative estimate of drug-likeness (QED) is 0.159. The molecule has 14 rings (SSSR count). The van der Waals surface area contributed by atoms with Crippen LogP contribution in [0.5, 0.6) is 0 Å². The highest BCUT2D eigenvalue weighted by atomic mass is 15.0. The normalized spacial score (nSPS) is 12.0. The minimum atomic E-state index is 0.975. The second kappa shape index (κ2) is 13.9. The van der Waals surface area contributed by atoms with Gasteiger partial charge >= 0.3 is 0 Å². The van der Waals surface area contributed by atoms with Crippen LogP contribution in [0.2, 0.25) is 0 Å². The van der Waals surface area contributed by atoms with E-state index < -0.39 is 0 Å². The fourth-order valence-corrected chi connectivity index (χ4v) is 10.8. The lowest BCUT2D eigenvalue weighted by Crippen LogP contribution is -2.00. The van der Waals surface area contributed by atoms with Gasteiger partial charge in [0, 0.05) is 65.7 Å². The SMILES string of the molecule is c1ccc(-n2c3ccccc3c3c4c(-c5cccc(-c6cc(-n7c8ccccc8c8ccccc87)cc(-n7c8ccccc8c8ccccc87)c6)c5)nc5ccccc5c4ccc32)cc1. The summed E-state index contributed by atoms with van der Waals surface area (Å²) in [6, 6.07) is 83.9. The highest BCUT2D eigenvalue weighted by Gasteiger charge is 2.22. The molecule has 14 aromatic rings. The minimum absolute atomic E-state index is 0.975. The zero-order chi connectivity index (χ0) is 42.6. The Morgan fingerprint density at radius 3 is 1.29 bits per heavy atom. The van der Waals surface area contributed by atoms with Gasteiger partial charge in [-0.05, 0) is 95.4 Å². The van der Waals surface area contributed by atoms with E-state index in [1.165, 1.54) is 65.3 Å². The van der Waals surface area contributed by atoms with Gasteiger partial charge in [-0.3, -0.25) is 0 Å². The largest absolute Gasteiger partial charge is 0.309 e. The summed E-state index contributed by atoms with van der Waals surface area (Å²) in [5.74, 6) is 0. The molecule has 0 unspecified atom stereocenters. The van der Waals surface area contributed by atoms with Crippen molar-refractivity contribution in [1.82, 2.24) is 18.7 Å². The highest BCUT2D eigenvalue weighted by molar-refractivity contribution is 6.28. The highest BCUT2D eigenvalue weighted by Crippen LogP contribution is 2.44. The third-order valence-corrected chi connectivity index (χ3v) is 13.6. The number of rotatable bonds is 5. The van der Waals surface area contributed by atoms with Crippen LogP contribution in [0.15, 0.2) is 231 Å². The van der Waals surface area contributed by atoms with E-state index in [0.29, 0.717) is 0 Å². The van der Waals surface area contributed by atoms with Crippen molar-refractivity contribution in [3.05, 3.63) is 231 Å². The lowest BCUT2D eigenvalue weighted by atomic mass is 9.94. The van der Waals surface area contributed by atoms with Crippen molar-refractivity contribution in [3.8, 4) is 39.4 Å². The Kier molecular flexibility index (Phi) is 7.65. The van der Waals surface area contributed by atoms with E-state index in [4.69, 9.17) is 4.98 Å². The summed E-state index contributed by atoms with van der Waals surface area (Å²) in [7, 11) is 0. The van der Waals surface area contributed by atoms with Gasteiger partial charge in [-0.25, -0.2) is 4.98 Å². The van der Waals surface area contributed by atoms with Crippen LogP contribution < -0.4 is 0 Å². The third kappa shape index (κ3) is 5.28. The van der Waals surface area contributed by atoms with E-state index >= 15 is 0 Å². The first-order chi connectivity index (χ1) is 32.3. The molecule has 4 heteroatoms. The predicted octanol–water partition coefficient (Wildman–Crippen LogP) is 16.0. The molecule has 0 radical (unpaired) electrons. The molecule has 0 aliphatic rings. The molecule has 0 N–H and O–H groups in total. The van der Waals surface area contributed by atoms with Gasteiger partial charge in [0.15, 0.2) is 0 Å². The number of hydrogen-bond donors (Lipinski definition) is 0. The molecule has 10 aromatic carbocycles. The molecule has 0 amide bonds. The van der Waals surface area contributed by atoms with E-state index in [-0.39, 0.29) is 0 Å². The van der Waals surface area contributed by atoms with Crippen molar-refractivity contribution in [2.45, 2.75) is 0 Å². The van der Waals surface area contributed by atoms with E-state index in [2.05, 4.69) is 244 Å². The summed E-state index contributed by atoms with van der Waals surface area (Å²) in [6.07, 6.45) is 0. The standard InChI is InChI=1S/C61H38N4/c1-2-19-42(20-3-1)63-57-32-15-9-26-51(57)59-58(63)34-33-50-45-21-4-10-27-52(45)62-61(60(50)59)40-18-16-17-39(35-40)41-36-43(64-53-28-11-5-22-46(53)47-23-6-12-29-54(47)64)38-44(37-41)65-55-30-13-7-24-48(55)49-25-8-14-31-56(49)65/h1-38H. The van der Waals surface area contributed by atoms with Gasteiger partial charge < -0.3 is 13.7 Å². The number of fused-ring (bicyclic) bond motifs is 13. The fourth-order valence-electron chi connectivity index (χ4n) is 10.8. The molecule has 4 nitrogen and oxygen atoms in total. The molecule has 4 aromatic heterocycles. The van der Waals surface area contributed by atoms with Crippen LogP contribution in [0.1, 0.15) is 0 Å². The van der Waals surface area contributed by atoms with Crippen LogP contribution in [0.3, 0.4) is 0 Å². The summed E-state index contributed by atoms with van der Waals surface area (Å²) in [5.41, 5.74) is 15.7. The Morgan fingerprint density at radius 1 is 0.246 bits per heavy atom. The van der Waals surface area contributed by atoms with Gasteiger partial charge in [0.05, 0.1) is 44.3 Å². The van der Waals surface area contributed by atoms with Crippen molar-refractivity contribution in [1.29, 1.82) is 0 Å². The lowest BCUT2D eigenvalue weighted by molar-refractivity contribution is 1.13. The van der Waals surface area contributed by atoms with Crippen molar-refractivity contribution in [3.63, 3.8) is 0 Å². The minimum Gasteiger partial charge on any atom is -0.309 e. The number of benzene rings is 10. The van der Waals surface area contributed by atoms with Crippen molar-refractivity contribution < 1.29 is 0 Å². The van der Waals surface area contributed by atoms with Gasteiger partial charge in [0.25, 0.3) is 0 Å². The van der Waals surface area contributed by atoms with Crippen LogP contribution in [0, 0.1) is 0 Å². The maximum absolute atomic E-state index is 5.58. The average molecular weight is 827 g/mol. The molecule has 0 saturated carbocycles. The van der Waals surface area contributed by atoms with E-state index in [1.54, 1.807) is 0 Å². The maximum atomic E-state index is 5.58. The molecule has 0 bridgehead atoms. The average Bonchev–Trinajstić information content (AvgIpc) is 4.02. The van der Waals surface area contributed by atoms with Crippen LogP contribution in [-0.4, -0.2) is 18.7 Å². The monoisotopic (exact) mass is 826 g/mol. The first kappa shape index (κ1) is 35.8. The van der Waals surface area contributed by atoms with E-state index in [1.807, 2.05) is 0 Å². The third-order valence-electron chi connectivity index (χ3n) is 13.6. The predicted molar refractivity (Wildman–Crippen MR) is 273 cm³/mol. The van der Waals surface area contributed by atoms with Gasteiger partial charge in [0.2, 0.25) is 0 Å². The number of aromatic nitrogens is 4. The van der Waals surface area contributed by atoms with Crippen LogP contribution in [0.25, 0.3) is 127 Å². The number of para-hydroxylation sites is 7. The molecule has 302 valence electrons. The van der Waals surface area contributed by atoms with E-state index in [0.717, 1.165) is 61.3 Å². The number of pyridine rings is 1. The Balaban J connectivity index is 1.06. The Labute approximate surface area is 374 Å². The summed E-state index contributed by atoms with van der Waals surface area (Å²) in [5, 5.41) is 10.9. The lowest BCUT2D eigenvalue weighted by Gasteiger charge is -2.17. The van der Waals surface area contributed by atoms with Crippen LogP contribution >= 0.6 is 0 Å². The van der Waals surface area contributed by atoms with Crippen molar-refractivity contribution in [2.75, 3.05) is 0 Å². The molecule has 0 fully saturated rings. The molecular formula is C61H38N4. The van der Waals surface area contributed by atoms with Crippen LogP contribution in [0.4, 0.5) is 0 Å². The van der Waals surface area contributed by atoms with Crippen molar-refractivity contribution in [2.24, 2.45) is 0 Å². The second-order valence-electron chi connectivity index (χ2n) is 17.1. The molecule has 4 heterocycles. The molecule has 0 atom stereocenters. The second-order valence-corrected chi connectivity index (χ2v) is 17.1. The first-order valence-electron chi connectivity index (χ1n) is 22.3. The molecule has 65 heavy (non-hydrogen) atoms. The number of hydrogen-bond acceptors (Lipinski definition) is 1. The van der Waals surface area contributed by atoms with Gasteiger partial charge in [-0.2, -0.15) is 0 Å². The van der Waals surface area contributed by atoms with Crippen LogP contribution in [-0.2, 0) is 0 Å². The Bertz CT molecular complexity index is 4000. The molecule has 0 saturated heterocycles. The molecule has 0 aliphatic carbocycles. The summed E-state index contributed by atoms with van der Waals surface area (Å²) in [6.45, 7) is 0. The summed E-state index contributed by atoms with van der Waals surface area (Å²) < 4.78 is 7.27. The molecule has 0 aliphatic heterocycles. The fraction of sp³-hybridized carbons (Fsp3) is 0. The summed E-state index contributed by atoms with van der Waals surface area (Å²) >= 11 is 0. The Morgan fingerprint density at radius 2 is 0.708 bits per heavy atom.